The highest BCUT2D eigenvalue weighted by Gasteiger charge is 2.21. The zero-order chi connectivity index (χ0) is 21.7. The molecule has 0 aliphatic heterocycles. The van der Waals surface area contributed by atoms with Crippen LogP contribution >= 0.6 is 23.4 Å². The van der Waals surface area contributed by atoms with E-state index in [0.29, 0.717) is 12.1 Å². The number of anilines is 2. The number of amides is 1. The van der Waals surface area contributed by atoms with Crippen molar-refractivity contribution < 1.29 is 13.2 Å². The van der Waals surface area contributed by atoms with E-state index in [-0.39, 0.29) is 27.0 Å². The number of carbonyl (C=O) groups excluding carboxylic acids is 1. The predicted molar refractivity (Wildman–Crippen MR) is 116 cm³/mol. The van der Waals surface area contributed by atoms with Gasteiger partial charge in [-0.15, -0.1) is 10.2 Å². The minimum atomic E-state index is -3.85. The second kappa shape index (κ2) is 9.45. The Morgan fingerprint density at radius 3 is 2.50 bits per heavy atom. The number of rotatable bonds is 8. The van der Waals surface area contributed by atoms with Crippen LogP contribution in [-0.2, 0) is 21.9 Å². The molecule has 0 fully saturated rings. The molecule has 30 heavy (non-hydrogen) atoms. The number of thioether (sulfide) groups is 1. The molecule has 2 aromatic heterocycles. The molecule has 1 unspecified atom stereocenters. The van der Waals surface area contributed by atoms with Gasteiger partial charge in [0.25, 0.3) is 10.0 Å². The molecule has 9 nitrogen and oxygen atoms in total. The van der Waals surface area contributed by atoms with Gasteiger partial charge in [0.2, 0.25) is 5.91 Å². The van der Waals surface area contributed by atoms with E-state index in [9.17, 15) is 13.2 Å². The van der Waals surface area contributed by atoms with E-state index in [4.69, 9.17) is 11.6 Å². The molecule has 158 valence electrons. The van der Waals surface area contributed by atoms with Gasteiger partial charge >= 0.3 is 0 Å². The summed E-state index contributed by atoms with van der Waals surface area (Å²) in [5.74, 6) is -0.135. The lowest BCUT2D eigenvalue weighted by molar-refractivity contribution is -0.115. The van der Waals surface area contributed by atoms with Gasteiger partial charge in [0.1, 0.15) is 0 Å². The molecule has 1 amide bonds. The number of nitrogens with zero attached hydrogens (tertiary/aromatic N) is 4. The molecule has 0 saturated heterocycles. The largest absolute Gasteiger partial charge is 0.329 e. The van der Waals surface area contributed by atoms with Crippen LogP contribution in [-0.4, -0.2) is 39.3 Å². The molecule has 12 heteroatoms. The third-order valence-electron chi connectivity index (χ3n) is 3.99. The van der Waals surface area contributed by atoms with Crippen molar-refractivity contribution in [2.24, 2.45) is 7.05 Å². The van der Waals surface area contributed by atoms with E-state index in [0.717, 1.165) is 5.16 Å². The average molecular weight is 467 g/mol. The summed E-state index contributed by atoms with van der Waals surface area (Å²) < 4.78 is 29.1. The first kappa shape index (κ1) is 22.1. The number of benzene rings is 1. The quantitative estimate of drug-likeness (QED) is 0.489. The summed E-state index contributed by atoms with van der Waals surface area (Å²) in [7, 11) is -1.99. The summed E-state index contributed by atoms with van der Waals surface area (Å²) in [6.07, 6.45) is 4.10. The van der Waals surface area contributed by atoms with Gasteiger partial charge < -0.3 is 9.88 Å². The molecule has 0 aliphatic rings. The Morgan fingerprint density at radius 1 is 1.20 bits per heavy atom. The molecular weight excluding hydrogens is 448 g/mol. The van der Waals surface area contributed by atoms with Gasteiger partial charge in [-0.25, -0.2) is 13.4 Å². The third-order valence-corrected chi connectivity index (χ3v) is 7.00. The first-order valence-electron chi connectivity index (χ1n) is 8.85. The highest BCUT2D eigenvalue weighted by atomic mass is 35.5. The van der Waals surface area contributed by atoms with Crippen molar-refractivity contribution in [2.75, 3.05) is 10.0 Å². The molecule has 0 saturated carbocycles. The van der Waals surface area contributed by atoms with Crippen molar-refractivity contribution in [1.29, 1.82) is 0 Å². The van der Waals surface area contributed by atoms with Gasteiger partial charge in [-0.1, -0.05) is 30.3 Å². The number of sulfonamides is 1. The number of aromatic nitrogens is 4. The highest BCUT2D eigenvalue weighted by Crippen LogP contribution is 2.25. The van der Waals surface area contributed by atoms with Crippen LogP contribution < -0.4 is 10.0 Å². The van der Waals surface area contributed by atoms with Gasteiger partial charge in [-0.2, -0.15) is 0 Å². The van der Waals surface area contributed by atoms with Crippen LogP contribution in [0.5, 0.6) is 0 Å². The fraction of sp³-hybridized carbons (Fsp3) is 0.222. The van der Waals surface area contributed by atoms with Crippen molar-refractivity contribution in [3.05, 3.63) is 53.9 Å². The lowest BCUT2D eigenvalue weighted by Crippen LogP contribution is -2.25. The van der Waals surface area contributed by atoms with E-state index < -0.39 is 10.0 Å². The van der Waals surface area contributed by atoms with Gasteiger partial charge in [0.15, 0.2) is 16.1 Å². The van der Waals surface area contributed by atoms with Crippen LogP contribution in [0.3, 0.4) is 0 Å². The Hall–Kier alpha value is -2.63. The van der Waals surface area contributed by atoms with E-state index in [1.807, 2.05) is 24.7 Å². The molecule has 0 aliphatic carbocycles. The fourth-order valence-corrected chi connectivity index (χ4v) is 4.46. The van der Waals surface area contributed by atoms with Gasteiger partial charge in [-0.05, 0) is 42.8 Å². The second-order valence-electron chi connectivity index (χ2n) is 6.20. The Labute approximate surface area is 183 Å². The molecule has 2 N–H and O–H groups in total. The zero-order valence-electron chi connectivity index (χ0n) is 16.1. The summed E-state index contributed by atoms with van der Waals surface area (Å²) in [4.78, 5) is 16.9. The van der Waals surface area contributed by atoms with Crippen LogP contribution in [0.4, 0.5) is 11.5 Å². The van der Waals surface area contributed by atoms with Crippen LogP contribution in [0.25, 0.3) is 0 Å². The number of carbonyl (C=O) groups is 1. The van der Waals surface area contributed by atoms with Crippen LogP contribution in [0.1, 0.15) is 13.3 Å². The molecule has 0 radical (unpaired) electrons. The maximum atomic E-state index is 12.6. The highest BCUT2D eigenvalue weighted by molar-refractivity contribution is 8.00. The molecular formula is C18H19ClN6O3S2. The summed E-state index contributed by atoms with van der Waals surface area (Å²) in [5, 5.41) is 10.6. The second-order valence-corrected chi connectivity index (χ2v) is 9.44. The number of hydrogen-bond donors (Lipinski definition) is 2. The normalized spacial score (nSPS) is 12.4. The summed E-state index contributed by atoms with van der Waals surface area (Å²) >= 11 is 7.02. The van der Waals surface area contributed by atoms with Gasteiger partial charge in [0.05, 0.1) is 10.1 Å². The molecule has 3 aromatic rings. The maximum Gasteiger partial charge on any atom is 0.263 e. The third kappa shape index (κ3) is 5.49. The molecule has 1 aromatic carbocycles. The standard InChI is InChI=1S/C18H19ClN6O3S2/c1-3-14(29-18-20-10-11-25(18)2)17(26)21-12-4-6-13(7-5-12)30(27,28)24-16-9-8-15(19)22-23-16/h4-11,14H,3H2,1-2H3,(H,21,26)(H,23,24). The molecule has 1 atom stereocenters. The van der Waals surface area contributed by atoms with Crippen molar-refractivity contribution in [3.8, 4) is 0 Å². The van der Waals surface area contributed by atoms with Crippen molar-refractivity contribution in [2.45, 2.75) is 28.6 Å². The number of nitrogens with one attached hydrogen (secondary N) is 2. The van der Waals surface area contributed by atoms with E-state index in [1.165, 1.54) is 48.2 Å². The average Bonchev–Trinajstić information content (AvgIpc) is 3.12. The van der Waals surface area contributed by atoms with E-state index in [2.05, 4.69) is 25.2 Å². The molecule has 3 rings (SSSR count). The van der Waals surface area contributed by atoms with Crippen LogP contribution in [0, 0.1) is 0 Å². The predicted octanol–water partition coefficient (Wildman–Crippen LogP) is 3.17. The van der Waals surface area contributed by atoms with E-state index >= 15 is 0 Å². The molecule has 2 heterocycles. The van der Waals surface area contributed by atoms with Crippen LogP contribution in [0.15, 0.2) is 58.8 Å². The Balaban J connectivity index is 1.66. The number of aryl methyl sites for hydroxylation is 1. The summed E-state index contributed by atoms with van der Waals surface area (Å²) in [6, 6.07) is 8.68. The SMILES string of the molecule is CCC(Sc1nccn1C)C(=O)Nc1ccc(S(=O)(=O)Nc2ccc(Cl)nn2)cc1. The van der Waals surface area contributed by atoms with Gasteiger partial charge in [0, 0.05) is 25.1 Å². The van der Waals surface area contributed by atoms with Crippen molar-refractivity contribution in [3.63, 3.8) is 0 Å². The first-order chi connectivity index (χ1) is 14.3. The van der Waals surface area contributed by atoms with Gasteiger partial charge in [-0.3, -0.25) is 9.52 Å². The minimum Gasteiger partial charge on any atom is -0.329 e. The minimum absolute atomic E-state index is 0.0201. The monoisotopic (exact) mass is 466 g/mol. The Bertz CT molecular complexity index is 1120. The fourth-order valence-electron chi connectivity index (χ4n) is 2.42. The Kier molecular flexibility index (Phi) is 6.95. The lowest BCUT2D eigenvalue weighted by atomic mass is 10.3. The summed E-state index contributed by atoms with van der Waals surface area (Å²) in [6.45, 7) is 1.92. The lowest BCUT2D eigenvalue weighted by Gasteiger charge is -2.14. The topological polar surface area (TPSA) is 119 Å². The Morgan fingerprint density at radius 2 is 1.93 bits per heavy atom. The number of halogens is 1. The number of imidazole rings is 1. The van der Waals surface area contributed by atoms with E-state index in [1.54, 1.807) is 6.20 Å². The maximum absolute atomic E-state index is 12.6. The smallest absolute Gasteiger partial charge is 0.263 e. The van der Waals surface area contributed by atoms with Crippen molar-refractivity contribution in [1.82, 2.24) is 19.7 Å². The zero-order valence-corrected chi connectivity index (χ0v) is 18.5. The first-order valence-corrected chi connectivity index (χ1v) is 11.6. The molecule has 0 spiro atoms. The number of hydrogen-bond acceptors (Lipinski definition) is 7. The molecule has 0 bridgehead atoms. The van der Waals surface area contributed by atoms with Crippen LogP contribution in [0.2, 0.25) is 5.15 Å². The van der Waals surface area contributed by atoms with Crippen molar-refractivity contribution >= 4 is 50.8 Å². The summed E-state index contributed by atoms with van der Waals surface area (Å²) in [5.41, 5.74) is 0.490.